The van der Waals surface area contributed by atoms with Crippen LogP contribution in [0.3, 0.4) is 0 Å². The van der Waals surface area contributed by atoms with Crippen LogP contribution >= 0.6 is 35.3 Å². The van der Waals surface area contributed by atoms with Crippen molar-refractivity contribution in [3.8, 4) is 22.9 Å². The molecule has 11 heteroatoms. The monoisotopic (exact) mass is 562 g/mol. The molecule has 1 N–H and O–H groups in total. The molecule has 0 spiro atoms. The van der Waals surface area contributed by atoms with Gasteiger partial charge in [0.25, 0.3) is 5.56 Å². The van der Waals surface area contributed by atoms with Gasteiger partial charge in [0.15, 0.2) is 14.8 Å². The molecule has 8 nitrogen and oxygen atoms in total. The molecule has 3 aromatic carbocycles. The van der Waals surface area contributed by atoms with Crippen LogP contribution in [0.2, 0.25) is 0 Å². The molecule has 0 aliphatic carbocycles. The third-order valence-electron chi connectivity index (χ3n) is 5.60. The average Bonchev–Trinajstić information content (AvgIpc) is 3.28. The number of methoxy groups -OCH3 is 2. The van der Waals surface area contributed by atoms with Gasteiger partial charge in [-0.1, -0.05) is 59.5 Å². The smallest absolute Gasteiger partial charge is 0.278 e. The Labute approximate surface area is 231 Å². The average molecular weight is 563 g/mol. The molecule has 0 aliphatic heterocycles. The highest BCUT2D eigenvalue weighted by Gasteiger charge is 2.21. The van der Waals surface area contributed by atoms with Crippen LogP contribution < -0.4 is 20.3 Å². The molecule has 0 fully saturated rings. The summed E-state index contributed by atoms with van der Waals surface area (Å²) in [5.41, 5.74) is 2.09. The molecule has 0 aliphatic rings. The van der Waals surface area contributed by atoms with Gasteiger partial charge in [-0.3, -0.25) is 18.7 Å². The molecule has 0 bridgehead atoms. The number of nitrogens with zero attached hydrogens (tertiary/aromatic N) is 3. The molecule has 0 unspecified atom stereocenters. The van der Waals surface area contributed by atoms with Crippen LogP contribution in [-0.4, -0.2) is 40.0 Å². The van der Waals surface area contributed by atoms with Crippen molar-refractivity contribution in [3.63, 3.8) is 0 Å². The number of aromatic nitrogens is 3. The van der Waals surface area contributed by atoms with E-state index >= 15 is 0 Å². The number of hydrogen-bond donors (Lipinski definition) is 1. The van der Waals surface area contributed by atoms with Gasteiger partial charge in [-0.2, -0.15) is 0 Å². The Bertz CT molecular complexity index is 1750. The lowest BCUT2D eigenvalue weighted by Crippen LogP contribution is -2.23. The molecule has 0 radical (unpaired) electrons. The number of para-hydroxylation sites is 3. The minimum Gasteiger partial charge on any atom is -0.497 e. The van der Waals surface area contributed by atoms with E-state index in [2.05, 4.69) is 5.32 Å². The number of fused-ring (bicyclic) bond motifs is 1. The molecule has 2 heterocycles. The van der Waals surface area contributed by atoms with Gasteiger partial charge in [-0.15, -0.1) is 0 Å². The summed E-state index contributed by atoms with van der Waals surface area (Å²) in [5.74, 6) is 0.898. The second-order valence-electron chi connectivity index (χ2n) is 7.97. The number of benzene rings is 3. The predicted octanol–water partition coefficient (Wildman–Crippen LogP) is 5.72. The number of rotatable bonds is 8. The van der Waals surface area contributed by atoms with Gasteiger partial charge in [0, 0.05) is 17.4 Å². The normalized spacial score (nSPS) is 10.9. The van der Waals surface area contributed by atoms with Gasteiger partial charge < -0.3 is 14.8 Å². The molecule has 38 heavy (non-hydrogen) atoms. The summed E-state index contributed by atoms with van der Waals surface area (Å²) in [6.45, 7) is 0. The molecule has 0 saturated heterocycles. The van der Waals surface area contributed by atoms with Crippen LogP contribution in [0.1, 0.15) is 0 Å². The van der Waals surface area contributed by atoms with Gasteiger partial charge >= 0.3 is 0 Å². The first-order valence-corrected chi connectivity index (χ1v) is 13.7. The number of amides is 1. The van der Waals surface area contributed by atoms with Crippen LogP contribution in [0.25, 0.3) is 21.7 Å². The van der Waals surface area contributed by atoms with E-state index in [1.165, 1.54) is 15.9 Å². The summed E-state index contributed by atoms with van der Waals surface area (Å²) in [4.78, 5) is 31.6. The van der Waals surface area contributed by atoms with Crippen LogP contribution in [0.4, 0.5) is 5.69 Å². The van der Waals surface area contributed by atoms with Crippen molar-refractivity contribution in [3.05, 3.63) is 93.2 Å². The summed E-state index contributed by atoms with van der Waals surface area (Å²) >= 11 is 7.99. The zero-order valence-electron chi connectivity index (χ0n) is 20.4. The van der Waals surface area contributed by atoms with Crippen LogP contribution in [0.15, 0.2) is 88.8 Å². The fraction of sp³-hybridized carbons (Fsp3) is 0.111. The number of hydrogen-bond acceptors (Lipinski definition) is 8. The minimum absolute atomic E-state index is 0.0144. The first-order valence-electron chi connectivity index (χ1n) is 11.4. The summed E-state index contributed by atoms with van der Waals surface area (Å²) in [5, 5.41) is 3.20. The number of nitrogens with one attached hydrogen (secondary N) is 1. The number of thioether (sulfide) groups is 1. The topological polar surface area (TPSA) is 87.4 Å². The molecule has 1 amide bonds. The van der Waals surface area contributed by atoms with E-state index in [1.54, 1.807) is 55.2 Å². The number of thiazole rings is 1. The molecule has 192 valence electrons. The zero-order chi connectivity index (χ0) is 26.6. The fourth-order valence-electron chi connectivity index (χ4n) is 3.89. The van der Waals surface area contributed by atoms with Crippen LogP contribution in [-0.2, 0) is 4.79 Å². The first-order chi connectivity index (χ1) is 18.5. The van der Waals surface area contributed by atoms with Gasteiger partial charge in [0.2, 0.25) is 5.91 Å². The Morgan fingerprint density at radius 2 is 1.76 bits per heavy atom. The number of carbonyl (C=O) groups excluding carboxylic acids is 1. The summed E-state index contributed by atoms with van der Waals surface area (Å²) in [7, 11) is 3.11. The lowest BCUT2D eigenvalue weighted by atomic mass is 10.3. The predicted molar refractivity (Wildman–Crippen MR) is 154 cm³/mol. The van der Waals surface area contributed by atoms with Crippen molar-refractivity contribution in [2.75, 3.05) is 25.3 Å². The zero-order valence-corrected chi connectivity index (χ0v) is 22.9. The number of ether oxygens (including phenoxy) is 2. The Balaban J connectivity index is 1.60. The van der Waals surface area contributed by atoms with E-state index in [1.807, 2.05) is 42.5 Å². The summed E-state index contributed by atoms with van der Waals surface area (Å²) < 4.78 is 14.9. The lowest BCUT2D eigenvalue weighted by molar-refractivity contribution is -0.113. The minimum atomic E-state index is -0.291. The van der Waals surface area contributed by atoms with Crippen molar-refractivity contribution in [1.82, 2.24) is 14.1 Å². The van der Waals surface area contributed by atoms with E-state index in [4.69, 9.17) is 26.7 Å². The second kappa shape index (κ2) is 11.2. The van der Waals surface area contributed by atoms with E-state index in [-0.39, 0.29) is 17.2 Å². The van der Waals surface area contributed by atoms with Crippen molar-refractivity contribution in [2.24, 2.45) is 0 Å². The van der Waals surface area contributed by atoms with Crippen molar-refractivity contribution >= 4 is 57.3 Å². The van der Waals surface area contributed by atoms with E-state index < -0.39 is 0 Å². The Morgan fingerprint density at radius 3 is 2.53 bits per heavy atom. The van der Waals surface area contributed by atoms with E-state index in [9.17, 15) is 9.59 Å². The largest absolute Gasteiger partial charge is 0.497 e. The Hall–Kier alpha value is -3.93. The standard InChI is InChI=1S/C27H22N4O4S3/c1-34-19-12-8-9-17(15-19)28-22(32)16-37-26-29-24-23(38-27(36)30(24)18-10-4-3-5-11-18)25(33)31(26)20-13-6-7-14-21(20)35-2/h3-15H,16H2,1-2H3,(H,28,32). The maximum absolute atomic E-state index is 13.9. The lowest BCUT2D eigenvalue weighted by Gasteiger charge is -2.15. The molecule has 5 rings (SSSR count). The van der Waals surface area contributed by atoms with Gasteiger partial charge in [0.1, 0.15) is 16.2 Å². The maximum atomic E-state index is 13.9. The molecule has 0 atom stereocenters. The van der Waals surface area contributed by atoms with Gasteiger partial charge in [0.05, 0.1) is 25.7 Å². The first kappa shape index (κ1) is 25.7. The Kier molecular flexibility index (Phi) is 7.59. The fourth-order valence-corrected chi connectivity index (χ4v) is 5.99. The molecule has 0 saturated carbocycles. The number of anilines is 1. The van der Waals surface area contributed by atoms with E-state index in [0.29, 0.717) is 42.3 Å². The van der Waals surface area contributed by atoms with Crippen LogP contribution in [0.5, 0.6) is 11.5 Å². The van der Waals surface area contributed by atoms with Gasteiger partial charge in [-0.05, 0) is 48.6 Å². The van der Waals surface area contributed by atoms with Gasteiger partial charge in [-0.25, -0.2) is 4.98 Å². The SMILES string of the molecule is COc1cccc(NC(=O)CSc2nc3c(sc(=S)n3-c3ccccc3)c(=O)n2-c2ccccc2OC)c1. The third-order valence-corrected chi connectivity index (χ3v) is 7.89. The molecule has 2 aromatic heterocycles. The van der Waals surface area contributed by atoms with Crippen molar-refractivity contribution in [1.29, 1.82) is 0 Å². The summed E-state index contributed by atoms with van der Waals surface area (Å²) in [6, 6.07) is 23.8. The highest BCUT2D eigenvalue weighted by Crippen LogP contribution is 2.30. The quantitative estimate of drug-likeness (QED) is 0.147. The highest BCUT2D eigenvalue weighted by molar-refractivity contribution is 7.99. The van der Waals surface area contributed by atoms with Crippen molar-refractivity contribution < 1.29 is 14.3 Å². The highest BCUT2D eigenvalue weighted by atomic mass is 32.2. The Morgan fingerprint density at radius 1 is 1.00 bits per heavy atom. The molecule has 5 aromatic rings. The maximum Gasteiger partial charge on any atom is 0.278 e. The number of carbonyl (C=O) groups is 1. The summed E-state index contributed by atoms with van der Waals surface area (Å²) in [6.07, 6.45) is 0. The second-order valence-corrected chi connectivity index (χ2v) is 10.6. The third kappa shape index (κ3) is 5.08. The molecular formula is C27H22N4O4S3. The van der Waals surface area contributed by atoms with Crippen LogP contribution in [0, 0.1) is 3.95 Å². The molecular weight excluding hydrogens is 541 g/mol. The van der Waals surface area contributed by atoms with E-state index in [0.717, 1.165) is 17.4 Å². The van der Waals surface area contributed by atoms with Crippen molar-refractivity contribution in [2.45, 2.75) is 5.16 Å².